The summed E-state index contributed by atoms with van der Waals surface area (Å²) in [6.07, 6.45) is -2.97. The second kappa shape index (κ2) is 7.25. The van der Waals surface area contributed by atoms with Crippen molar-refractivity contribution in [2.45, 2.75) is 45.3 Å². The molecule has 1 unspecified atom stereocenters. The minimum absolute atomic E-state index is 0.0250. The molecule has 28 heavy (non-hydrogen) atoms. The van der Waals surface area contributed by atoms with Crippen molar-refractivity contribution >= 4 is 17.3 Å². The summed E-state index contributed by atoms with van der Waals surface area (Å²) in [5.41, 5.74) is -0.0310. The number of amides is 1. The maximum absolute atomic E-state index is 13.0. The molecule has 1 saturated carbocycles. The molecular formula is C18H19F3N4O3. The summed E-state index contributed by atoms with van der Waals surface area (Å²) in [7, 11) is 0. The van der Waals surface area contributed by atoms with Gasteiger partial charge in [0.15, 0.2) is 5.69 Å². The van der Waals surface area contributed by atoms with Crippen LogP contribution in [0.3, 0.4) is 0 Å². The first-order chi connectivity index (χ1) is 13.1. The Balaban J connectivity index is 1.77. The van der Waals surface area contributed by atoms with E-state index in [2.05, 4.69) is 10.4 Å². The number of halogens is 3. The molecule has 0 spiro atoms. The van der Waals surface area contributed by atoms with Gasteiger partial charge in [0.05, 0.1) is 17.4 Å². The highest BCUT2D eigenvalue weighted by Gasteiger charge is 2.38. The number of aryl methyl sites for hydroxylation is 1. The first-order valence-corrected chi connectivity index (χ1v) is 8.77. The van der Waals surface area contributed by atoms with Crippen LogP contribution in [0.2, 0.25) is 0 Å². The van der Waals surface area contributed by atoms with Gasteiger partial charge in [0, 0.05) is 17.7 Å². The maximum atomic E-state index is 13.0. The van der Waals surface area contributed by atoms with E-state index in [1.165, 1.54) is 16.8 Å². The van der Waals surface area contributed by atoms with Crippen LogP contribution in [0.25, 0.3) is 0 Å². The molecule has 1 aromatic heterocycles. The number of aromatic nitrogens is 2. The molecule has 1 fully saturated rings. The number of rotatable bonds is 6. The molecule has 0 saturated heterocycles. The molecule has 1 aromatic carbocycles. The number of anilines is 1. The number of benzene rings is 1. The Morgan fingerprint density at radius 1 is 1.39 bits per heavy atom. The van der Waals surface area contributed by atoms with E-state index in [-0.39, 0.29) is 23.8 Å². The number of nitro groups is 1. The number of alkyl halides is 3. The fourth-order valence-electron chi connectivity index (χ4n) is 2.92. The Kier molecular flexibility index (Phi) is 5.14. The summed E-state index contributed by atoms with van der Waals surface area (Å²) in [5, 5.41) is 17.3. The Hall–Kier alpha value is -2.91. The minimum Gasteiger partial charge on any atom is -0.320 e. The number of hydrogen-bond donors (Lipinski definition) is 1. The number of nitrogens with one attached hydrogen (secondary N) is 1. The second-order valence-electron chi connectivity index (χ2n) is 7.08. The van der Waals surface area contributed by atoms with Crippen LogP contribution in [-0.4, -0.2) is 20.6 Å². The number of carbonyl (C=O) groups is 1. The van der Waals surface area contributed by atoms with Gasteiger partial charge in [-0.1, -0.05) is 13.0 Å². The fraction of sp³-hybridized carbons (Fsp3) is 0.444. The Morgan fingerprint density at radius 3 is 2.64 bits per heavy atom. The average Bonchev–Trinajstić information content (AvgIpc) is 3.35. The summed E-state index contributed by atoms with van der Waals surface area (Å²) in [6, 6.07) is 5.44. The third-order valence-corrected chi connectivity index (χ3v) is 4.60. The van der Waals surface area contributed by atoms with Crippen LogP contribution in [0, 0.1) is 23.0 Å². The van der Waals surface area contributed by atoms with Gasteiger partial charge in [0.25, 0.3) is 5.69 Å². The summed E-state index contributed by atoms with van der Waals surface area (Å²) in [4.78, 5) is 23.1. The zero-order valence-electron chi connectivity index (χ0n) is 15.3. The highest BCUT2D eigenvalue weighted by Crippen LogP contribution is 2.42. The number of nitrogens with zero attached hydrogens (tertiary/aromatic N) is 3. The lowest BCUT2D eigenvalue weighted by atomic mass is 10.1. The van der Waals surface area contributed by atoms with Crippen LogP contribution in [0.15, 0.2) is 24.3 Å². The van der Waals surface area contributed by atoms with E-state index in [0.29, 0.717) is 11.3 Å². The van der Waals surface area contributed by atoms with Gasteiger partial charge in [-0.2, -0.15) is 18.3 Å². The molecule has 10 heteroatoms. The first kappa shape index (κ1) is 19.8. The number of hydrogen-bond acceptors (Lipinski definition) is 4. The standard InChI is InChI=1S/C18H19F3N4O3/c1-10-3-6-13(15(7-10)25(27)28)22-17(26)11(2)9-24-14(12-4-5-12)8-16(23-24)18(19,20)21/h3,6-8,11-12H,4-5,9H2,1-2H3,(H,22,26). The van der Waals surface area contributed by atoms with Crippen molar-refractivity contribution < 1.29 is 22.9 Å². The predicted octanol–water partition coefficient (Wildman–Crippen LogP) is 4.27. The SMILES string of the molecule is Cc1ccc(NC(=O)C(C)Cn2nc(C(F)(F)F)cc2C2CC2)c([N+](=O)[O-])c1. The lowest BCUT2D eigenvalue weighted by Crippen LogP contribution is -2.26. The number of nitro benzene ring substituents is 1. The van der Waals surface area contributed by atoms with Crippen LogP contribution >= 0.6 is 0 Å². The summed E-state index contributed by atoms with van der Waals surface area (Å²) in [5.74, 6) is -1.24. The lowest BCUT2D eigenvalue weighted by Gasteiger charge is -2.14. The highest BCUT2D eigenvalue weighted by molar-refractivity contribution is 5.94. The van der Waals surface area contributed by atoms with Gasteiger partial charge in [-0.15, -0.1) is 0 Å². The van der Waals surface area contributed by atoms with Crippen molar-refractivity contribution in [2.75, 3.05) is 5.32 Å². The summed E-state index contributed by atoms with van der Waals surface area (Å²) >= 11 is 0. The molecule has 150 valence electrons. The average molecular weight is 396 g/mol. The molecule has 0 radical (unpaired) electrons. The molecule has 3 rings (SSSR count). The molecule has 1 aliphatic rings. The van der Waals surface area contributed by atoms with E-state index in [1.807, 2.05) is 0 Å². The van der Waals surface area contributed by atoms with Crippen molar-refractivity contribution in [1.82, 2.24) is 9.78 Å². The molecule has 7 nitrogen and oxygen atoms in total. The molecular weight excluding hydrogens is 377 g/mol. The second-order valence-corrected chi connectivity index (χ2v) is 7.08. The lowest BCUT2D eigenvalue weighted by molar-refractivity contribution is -0.384. The zero-order valence-corrected chi connectivity index (χ0v) is 15.3. The van der Waals surface area contributed by atoms with E-state index in [0.717, 1.165) is 18.9 Å². The molecule has 2 aromatic rings. The first-order valence-electron chi connectivity index (χ1n) is 8.77. The fourth-order valence-corrected chi connectivity index (χ4v) is 2.92. The van der Waals surface area contributed by atoms with Crippen LogP contribution in [-0.2, 0) is 17.5 Å². The van der Waals surface area contributed by atoms with Gasteiger partial charge >= 0.3 is 6.18 Å². The predicted molar refractivity (Wildman–Crippen MR) is 94.8 cm³/mol. The molecule has 0 aliphatic heterocycles. The van der Waals surface area contributed by atoms with Crippen LogP contribution < -0.4 is 5.32 Å². The van der Waals surface area contributed by atoms with E-state index in [4.69, 9.17) is 0 Å². The number of carbonyl (C=O) groups excluding carboxylic acids is 1. The summed E-state index contributed by atoms with van der Waals surface area (Å²) < 4.78 is 40.2. The zero-order chi connectivity index (χ0) is 20.6. The Morgan fingerprint density at radius 2 is 2.07 bits per heavy atom. The van der Waals surface area contributed by atoms with E-state index in [1.54, 1.807) is 19.9 Å². The van der Waals surface area contributed by atoms with Gasteiger partial charge in [-0.05, 0) is 37.5 Å². The van der Waals surface area contributed by atoms with Crippen molar-refractivity contribution in [2.24, 2.45) is 5.92 Å². The maximum Gasteiger partial charge on any atom is 0.435 e. The van der Waals surface area contributed by atoms with Crippen LogP contribution in [0.4, 0.5) is 24.5 Å². The molecule has 1 aliphatic carbocycles. The van der Waals surface area contributed by atoms with E-state index in [9.17, 15) is 28.1 Å². The van der Waals surface area contributed by atoms with Gasteiger partial charge in [0.2, 0.25) is 5.91 Å². The molecule has 1 N–H and O–H groups in total. The Labute approximate surface area is 158 Å². The van der Waals surface area contributed by atoms with Gasteiger partial charge in [-0.3, -0.25) is 19.6 Å². The third-order valence-electron chi connectivity index (χ3n) is 4.60. The minimum atomic E-state index is -4.55. The topological polar surface area (TPSA) is 90.1 Å². The van der Waals surface area contributed by atoms with Crippen LogP contribution in [0.5, 0.6) is 0 Å². The van der Waals surface area contributed by atoms with Crippen molar-refractivity contribution in [3.05, 3.63) is 51.3 Å². The van der Waals surface area contributed by atoms with E-state index >= 15 is 0 Å². The van der Waals surface area contributed by atoms with Gasteiger partial charge in [0.1, 0.15) is 5.69 Å². The highest BCUT2D eigenvalue weighted by atomic mass is 19.4. The smallest absolute Gasteiger partial charge is 0.320 e. The van der Waals surface area contributed by atoms with Crippen molar-refractivity contribution in [3.63, 3.8) is 0 Å². The van der Waals surface area contributed by atoms with Gasteiger partial charge < -0.3 is 5.32 Å². The van der Waals surface area contributed by atoms with Crippen molar-refractivity contribution in [1.29, 1.82) is 0 Å². The molecule has 1 heterocycles. The largest absolute Gasteiger partial charge is 0.435 e. The van der Waals surface area contributed by atoms with Crippen LogP contribution in [0.1, 0.15) is 42.6 Å². The Bertz CT molecular complexity index is 919. The third kappa shape index (κ3) is 4.32. The molecule has 0 bridgehead atoms. The van der Waals surface area contributed by atoms with E-state index < -0.39 is 28.6 Å². The molecule has 1 atom stereocenters. The van der Waals surface area contributed by atoms with Gasteiger partial charge in [-0.25, -0.2) is 0 Å². The van der Waals surface area contributed by atoms with Crippen molar-refractivity contribution in [3.8, 4) is 0 Å². The quantitative estimate of drug-likeness (QED) is 0.583. The molecule has 1 amide bonds. The summed E-state index contributed by atoms with van der Waals surface area (Å²) in [6.45, 7) is 3.19. The monoisotopic (exact) mass is 396 g/mol. The normalized spacial score (nSPS) is 15.3.